The Bertz CT molecular complexity index is 561. The lowest BCUT2D eigenvalue weighted by Crippen LogP contribution is -2.43. The molecule has 0 bridgehead atoms. The summed E-state index contributed by atoms with van der Waals surface area (Å²) in [6.45, 7) is 0.322. The van der Waals surface area contributed by atoms with Gasteiger partial charge in [0.15, 0.2) is 0 Å². The van der Waals surface area contributed by atoms with E-state index in [4.69, 9.17) is 6.42 Å². The maximum atomic E-state index is 11.9. The first-order valence-corrected chi connectivity index (χ1v) is 7.03. The highest BCUT2D eigenvalue weighted by Crippen LogP contribution is 2.22. The van der Waals surface area contributed by atoms with Gasteiger partial charge in [0.2, 0.25) is 5.91 Å². The Hall–Kier alpha value is -1.80. The molecule has 0 aromatic heterocycles. The number of nitrogens with zero attached hydrogens (tertiary/aromatic N) is 1. The molecule has 2 atom stereocenters. The number of rotatable bonds is 4. The molecular weight excluding hydrogens is 322 g/mol. The minimum atomic E-state index is -1.00. The molecule has 5 heteroatoms. The van der Waals surface area contributed by atoms with Crippen molar-refractivity contribution in [2.45, 2.75) is 18.9 Å². The number of carbonyl (C=O) groups excluding carboxylic acids is 1. The number of hydrogen-bond donors (Lipinski definition) is 1. The second kappa shape index (κ2) is 6.10. The van der Waals surface area contributed by atoms with Gasteiger partial charge in [0.25, 0.3) is 0 Å². The number of halogens is 1. The fourth-order valence-electron chi connectivity index (χ4n) is 2.32. The van der Waals surface area contributed by atoms with Gasteiger partial charge in [-0.05, 0) is 17.7 Å². The Morgan fingerprint density at radius 1 is 1.50 bits per heavy atom. The predicted molar refractivity (Wildman–Crippen MR) is 77.9 cm³/mol. The summed E-state index contributed by atoms with van der Waals surface area (Å²) >= 11 is 3.33. The van der Waals surface area contributed by atoms with Crippen molar-refractivity contribution in [1.29, 1.82) is 0 Å². The topological polar surface area (TPSA) is 57.6 Å². The van der Waals surface area contributed by atoms with E-state index >= 15 is 0 Å². The van der Waals surface area contributed by atoms with Crippen LogP contribution in [0.15, 0.2) is 28.7 Å². The quantitative estimate of drug-likeness (QED) is 0.855. The van der Waals surface area contributed by atoms with Gasteiger partial charge in [0.05, 0.1) is 0 Å². The zero-order valence-corrected chi connectivity index (χ0v) is 12.3. The van der Waals surface area contributed by atoms with E-state index in [0.29, 0.717) is 6.54 Å². The first-order valence-electron chi connectivity index (χ1n) is 6.24. The number of carboxylic acid groups (broad SMARTS) is 1. The van der Waals surface area contributed by atoms with E-state index in [1.165, 1.54) is 4.90 Å². The number of likely N-dealkylation sites (tertiary alicyclic amines) is 1. The summed E-state index contributed by atoms with van der Waals surface area (Å²) in [7, 11) is 0. The molecule has 2 rings (SSSR count). The molecule has 1 aromatic rings. The van der Waals surface area contributed by atoms with Gasteiger partial charge in [-0.15, -0.1) is 12.3 Å². The van der Waals surface area contributed by atoms with Gasteiger partial charge >= 0.3 is 5.97 Å². The highest BCUT2D eigenvalue weighted by molar-refractivity contribution is 9.10. The molecule has 0 aliphatic carbocycles. The summed E-state index contributed by atoms with van der Waals surface area (Å²) in [5, 5.41) is 9.37. The number of hydrogen-bond acceptors (Lipinski definition) is 2. The number of benzene rings is 1. The average Bonchev–Trinajstić information content (AvgIpc) is 2.79. The SMILES string of the molecule is C#CC1CC(=O)N(C(Cc2ccc(Br)cc2)C(=O)O)C1. The van der Waals surface area contributed by atoms with Crippen LogP contribution in [-0.2, 0) is 16.0 Å². The van der Waals surface area contributed by atoms with Crippen LogP contribution in [0.25, 0.3) is 0 Å². The van der Waals surface area contributed by atoms with Gasteiger partial charge in [-0.25, -0.2) is 4.79 Å². The van der Waals surface area contributed by atoms with Gasteiger partial charge in [-0.2, -0.15) is 0 Å². The molecule has 1 fully saturated rings. The largest absolute Gasteiger partial charge is 0.480 e. The van der Waals surface area contributed by atoms with Crippen molar-refractivity contribution in [2.24, 2.45) is 5.92 Å². The van der Waals surface area contributed by atoms with Gasteiger partial charge in [0, 0.05) is 29.8 Å². The van der Waals surface area contributed by atoms with Gasteiger partial charge in [-0.3, -0.25) is 4.79 Å². The molecule has 104 valence electrons. The molecular formula is C15H14BrNO3. The fraction of sp³-hybridized carbons (Fsp3) is 0.333. The Morgan fingerprint density at radius 3 is 2.65 bits per heavy atom. The van der Waals surface area contributed by atoms with Crippen molar-refractivity contribution < 1.29 is 14.7 Å². The molecule has 0 saturated carbocycles. The summed E-state index contributed by atoms with van der Waals surface area (Å²) in [5.41, 5.74) is 0.873. The van der Waals surface area contributed by atoms with E-state index in [2.05, 4.69) is 21.9 Å². The van der Waals surface area contributed by atoms with Crippen LogP contribution in [0.1, 0.15) is 12.0 Å². The van der Waals surface area contributed by atoms with Crippen molar-refractivity contribution in [2.75, 3.05) is 6.54 Å². The van der Waals surface area contributed by atoms with Gasteiger partial charge < -0.3 is 10.0 Å². The van der Waals surface area contributed by atoms with Crippen molar-refractivity contribution in [3.63, 3.8) is 0 Å². The van der Waals surface area contributed by atoms with Crippen LogP contribution in [0.5, 0.6) is 0 Å². The van der Waals surface area contributed by atoms with E-state index in [-0.39, 0.29) is 24.7 Å². The summed E-state index contributed by atoms with van der Waals surface area (Å²) in [6, 6.07) is 6.54. The Balaban J connectivity index is 2.16. The Labute approximate surface area is 125 Å². The van der Waals surface area contributed by atoms with Crippen LogP contribution in [0.4, 0.5) is 0 Å². The summed E-state index contributed by atoms with van der Waals surface area (Å²) in [6.07, 6.45) is 5.84. The van der Waals surface area contributed by atoms with Crippen molar-refractivity contribution in [3.05, 3.63) is 34.3 Å². The molecule has 4 nitrogen and oxygen atoms in total. The minimum Gasteiger partial charge on any atom is -0.480 e. The summed E-state index contributed by atoms with van der Waals surface area (Å²) < 4.78 is 0.928. The maximum Gasteiger partial charge on any atom is 0.326 e. The average molecular weight is 336 g/mol. The third-order valence-corrected chi connectivity index (χ3v) is 3.93. The maximum absolute atomic E-state index is 11.9. The standard InChI is InChI=1S/C15H14BrNO3/c1-2-10-8-14(18)17(9-10)13(15(19)20)7-11-3-5-12(16)6-4-11/h1,3-6,10,13H,7-9H2,(H,19,20). The predicted octanol–water partition coefficient (Wildman–Crippen LogP) is 1.93. The van der Waals surface area contributed by atoms with Crippen LogP contribution in [0.3, 0.4) is 0 Å². The third kappa shape index (κ3) is 3.20. The fourth-order valence-corrected chi connectivity index (χ4v) is 2.58. The molecule has 1 saturated heterocycles. The number of terminal acetylenes is 1. The minimum absolute atomic E-state index is 0.183. The molecule has 1 aromatic carbocycles. The Kier molecular flexibility index (Phi) is 4.46. The van der Waals surface area contributed by atoms with Crippen molar-refractivity contribution in [1.82, 2.24) is 4.90 Å². The lowest BCUT2D eigenvalue weighted by atomic mass is 10.0. The monoisotopic (exact) mass is 335 g/mol. The normalized spacial score (nSPS) is 19.7. The number of carboxylic acids is 1. The van der Waals surface area contributed by atoms with E-state index in [9.17, 15) is 14.7 Å². The summed E-state index contributed by atoms with van der Waals surface area (Å²) in [5.74, 6) is 1.16. The van der Waals surface area contributed by atoms with Crippen LogP contribution in [-0.4, -0.2) is 34.5 Å². The van der Waals surface area contributed by atoms with Crippen LogP contribution < -0.4 is 0 Å². The highest BCUT2D eigenvalue weighted by atomic mass is 79.9. The van der Waals surface area contributed by atoms with E-state index in [1.807, 2.05) is 24.3 Å². The van der Waals surface area contributed by atoms with Crippen LogP contribution in [0, 0.1) is 18.3 Å². The molecule has 1 aliphatic rings. The number of amides is 1. The molecule has 1 heterocycles. The first kappa shape index (κ1) is 14.6. The second-order valence-corrected chi connectivity index (χ2v) is 5.71. The van der Waals surface area contributed by atoms with Crippen LogP contribution in [0.2, 0.25) is 0 Å². The zero-order chi connectivity index (χ0) is 14.7. The van der Waals surface area contributed by atoms with Crippen molar-refractivity contribution >= 4 is 27.8 Å². The first-order chi connectivity index (χ1) is 9.51. The van der Waals surface area contributed by atoms with E-state index in [0.717, 1.165) is 10.0 Å². The smallest absolute Gasteiger partial charge is 0.326 e. The van der Waals surface area contributed by atoms with Gasteiger partial charge in [0.1, 0.15) is 6.04 Å². The highest BCUT2D eigenvalue weighted by Gasteiger charge is 2.36. The number of aliphatic carboxylic acids is 1. The molecule has 20 heavy (non-hydrogen) atoms. The van der Waals surface area contributed by atoms with Crippen molar-refractivity contribution in [3.8, 4) is 12.3 Å². The van der Waals surface area contributed by atoms with E-state index < -0.39 is 12.0 Å². The van der Waals surface area contributed by atoms with Gasteiger partial charge in [-0.1, -0.05) is 28.1 Å². The lowest BCUT2D eigenvalue weighted by Gasteiger charge is -2.24. The molecule has 0 radical (unpaired) electrons. The lowest BCUT2D eigenvalue weighted by molar-refractivity contribution is -0.148. The molecule has 1 amide bonds. The van der Waals surface area contributed by atoms with E-state index in [1.54, 1.807) is 0 Å². The second-order valence-electron chi connectivity index (χ2n) is 4.80. The zero-order valence-electron chi connectivity index (χ0n) is 10.8. The molecule has 1 aliphatic heterocycles. The molecule has 1 N–H and O–H groups in total. The third-order valence-electron chi connectivity index (χ3n) is 3.40. The number of carbonyl (C=O) groups is 2. The molecule has 2 unspecified atom stereocenters. The molecule has 0 spiro atoms. The Morgan fingerprint density at radius 2 is 2.15 bits per heavy atom. The summed E-state index contributed by atoms with van der Waals surface area (Å²) in [4.78, 5) is 24.7. The van der Waals surface area contributed by atoms with Crippen LogP contribution >= 0.6 is 15.9 Å².